The molecule has 1 aromatic heterocycles. The zero-order chi connectivity index (χ0) is 13.8. The number of aryl methyl sites for hydroxylation is 1. The highest BCUT2D eigenvalue weighted by Crippen LogP contribution is 2.20. The van der Waals surface area contributed by atoms with Crippen molar-refractivity contribution in [2.24, 2.45) is 0 Å². The van der Waals surface area contributed by atoms with Crippen LogP contribution in [0.1, 0.15) is 5.82 Å². The molecule has 0 spiro atoms. The summed E-state index contributed by atoms with van der Waals surface area (Å²) in [4.78, 5) is 18.4. The summed E-state index contributed by atoms with van der Waals surface area (Å²) >= 11 is 0. The fourth-order valence-corrected chi connectivity index (χ4v) is 1.52. The lowest BCUT2D eigenvalue weighted by Gasteiger charge is -2.07. The van der Waals surface area contributed by atoms with Crippen LogP contribution in [0.2, 0.25) is 0 Å². The number of nitrogens with one attached hydrogen (secondary N) is 1. The fourth-order valence-electron chi connectivity index (χ4n) is 1.52. The van der Waals surface area contributed by atoms with Gasteiger partial charge in [0, 0.05) is 23.9 Å². The number of rotatable bonds is 4. The van der Waals surface area contributed by atoms with E-state index >= 15 is 0 Å². The fraction of sp³-hybridized carbons (Fsp3) is 0.167. The van der Waals surface area contributed by atoms with Crippen LogP contribution in [0.15, 0.2) is 30.3 Å². The average Bonchev–Trinajstić information content (AvgIpc) is 2.38. The lowest BCUT2D eigenvalue weighted by Crippen LogP contribution is -1.99. The van der Waals surface area contributed by atoms with Crippen molar-refractivity contribution in [1.29, 1.82) is 0 Å². The molecule has 0 aliphatic rings. The molecule has 0 radical (unpaired) electrons. The summed E-state index contributed by atoms with van der Waals surface area (Å²) in [7, 11) is 1.53. The summed E-state index contributed by atoms with van der Waals surface area (Å²) in [5, 5.41) is 13.6. The Kier molecular flexibility index (Phi) is 3.56. The number of nitrogens with zero attached hydrogens (tertiary/aromatic N) is 3. The van der Waals surface area contributed by atoms with E-state index in [1.54, 1.807) is 25.1 Å². The Bertz CT molecular complexity index is 598. The zero-order valence-corrected chi connectivity index (χ0v) is 10.5. The Morgan fingerprint density at radius 1 is 1.26 bits per heavy atom. The Morgan fingerprint density at radius 2 is 1.95 bits per heavy atom. The molecule has 2 rings (SSSR count). The number of ether oxygens (including phenoxy) is 1. The second-order valence-corrected chi connectivity index (χ2v) is 3.77. The molecule has 0 aliphatic carbocycles. The first-order valence-electron chi connectivity index (χ1n) is 5.49. The molecule has 0 bridgehead atoms. The molecule has 2 aromatic rings. The van der Waals surface area contributed by atoms with Crippen molar-refractivity contribution in [3.8, 4) is 5.88 Å². The van der Waals surface area contributed by atoms with E-state index in [0.717, 1.165) is 0 Å². The SMILES string of the molecule is COc1cc(Nc2ccc([N+](=O)[O-])cc2)nc(C)n1. The highest BCUT2D eigenvalue weighted by Gasteiger charge is 2.06. The minimum Gasteiger partial charge on any atom is -0.481 e. The Morgan fingerprint density at radius 3 is 2.53 bits per heavy atom. The monoisotopic (exact) mass is 260 g/mol. The van der Waals surface area contributed by atoms with Crippen LogP contribution < -0.4 is 10.1 Å². The second-order valence-electron chi connectivity index (χ2n) is 3.77. The van der Waals surface area contributed by atoms with Crippen LogP contribution in [0.3, 0.4) is 0 Å². The maximum Gasteiger partial charge on any atom is 0.269 e. The lowest BCUT2D eigenvalue weighted by molar-refractivity contribution is -0.384. The van der Waals surface area contributed by atoms with Crippen molar-refractivity contribution in [2.75, 3.05) is 12.4 Å². The Balaban J connectivity index is 2.21. The van der Waals surface area contributed by atoms with Crippen molar-refractivity contribution in [2.45, 2.75) is 6.92 Å². The van der Waals surface area contributed by atoms with Gasteiger partial charge < -0.3 is 10.1 Å². The van der Waals surface area contributed by atoms with Crippen molar-refractivity contribution >= 4 is 17.2 Å². The number of benzene rings is 1. The van der Waals surface area contributed by atoms with E-state index < -0.39 is 4.92 Å². The number of hydrogen-bond acceptors (Lipinski definition) is 6. The van der Waals surface area contributed by atoms with E-state index in [2.05, 4.69) is 15.3 Å². The molecule has 0 atom stereocenters. The molecule has 19 heavy (non-hydrogen) atoms. The third kappa shape index (κ3) is 3.15. The van der Waals surface area contributed by atoms with Crippen molar-refractivity contribution < 1.29 is 9.66 Å². The number of hydrogen-bond donors (Lipinski definition) is 1. The van der Waals surface area contributed by atoms with Gasteiger partial charge in [-0.05, 0) is 19.1 Å². The van der Waals surface area contributed by atoms with Gasteiger partial charge in [-0.25, -0.2) is 4.98 Å². The number of nitro benzene ring substituents is 1. The molecule has 0 fully saturated rings. The molecule has 7 heteroatoms. The van der Waals surface area contributed by atoms with Gasteiger partial charge in [-0.3, -0.25) is 10.1 Å². The molecule has 1 aromatic carbocycles. The maximum atomic E-state index is 10.5. The van der Waals surface area contributed by atoms with E-state index in [4.69, 9.17) is 4.74 Å². The summed E-state index contributed by atoms with van der Waals surface area (Å²) < 4.78 is 5.04. The molecule has 0 saturated carbocycles. The largest absolute Gasteiger partial charge is 0.481 e. The Hall–Kier alpha value is -2.70. The highest BCUT2D eigenvalue weighted by molar-refractivity contribution is 5.58. The van der Waals surface area contributed by atoms with E-state index in [1.165, 1.54) is 19.2 Å². The molecular weight excluding hydrogens is 248 g/mol. The summed E-state index contributed by atoms with van der Waals surface area (Å²) in [5.41, 5.74) is 0.743. The normalized spacial score (nSPS) is 10.0. The van der Waals surface area contributed by atoms with Gasteiger partial charge in [0.25, 0.3) is 5.69 Å². The molecule has 0 unspecified atom stereocenters. The molecule has 0 saturated heterocycles. The van der Waals surface area contributed by atoms with Gasteiger partial charge in [0.1, 0.15) is 11.6 Å². The van der Waals surface area contributed by atoms with Gasteiger partial charge in [0.2, 0.25) is 5.88 Å². The zero-order valence-electron chi connectivity index (χ0n) is 10.5. The Labute approximate surface area is 109 Å². The van der Waals surface area contributed by atoms with Crippen LogP contribution in [0.5, 0.6) is 5.88 Å². The van der Waals surface area contributed by atoms with Gasteiger partial charge in [-0.15, -0.1) is 0 Å². The van der Waals surface area contributed by atoms with Crippen LogP contribution in [-0.2, 0) is 0 Å². The van der Waals surface area contributed by atoms with Gasteiger partial charge in [0.15, 0.2) is 0 Å². The molecule has 1 N–H and O–H groups in total. The molecule has 0 aliphatic heterocycles. The van der Waals surface area contributed by atoms with Crippen LogP contribution in [-0.4, -0.2) is 22.0 Å². The highest BCUT2D eigenvalue weighted by atomic mass is 16.6. The minimum atomic E-state index is -0.443. The van der Waals surface area contributed by atoms with Crippen LogP contribution in [0, 0.1) is 17.0 Å². The van der Waals surface area contributed by atoms with Gasteiger partial charge in [-0.1, -0.05) is 0 Å². The van der Waals surface area contributed by atoms with E-state index in [-0.39, 0.29) is 5.69 Å². The van der Waals surface area contributed by atoms with Crippen LogP contribution >= 0.6 is 0 Å². The van der Waals surface area contributed by atoms with Crippen LogP contribution in [0.4, 0.5) is 17.2 Å². The first kappa shape index (κ1) is 12.7. The first-order valence-corrected chi connectivity index (χ1v) is 5.49. The van der Waals surface area contributed by atoms with Crippen LogP contribution in [0.25, 0.3) is 0 Å². The third-order valence-electron chi connectivity index (χ3n) is 2.37. The minimum absolute atomic E-state index is 0.0435. The molecule has 1 heterocycles. The van der Waals surface area contributed by atoms with Crippen molar-refractivity contribution in [3.63, 3.8) is 0 Å². The summed E-state index contributed by atoms with van der Waals surface area (Å²) in [6.07, 6.45) is 0. The quantitative estimate of drug-likeness (QED) is 0.670. The van der Waals surface area contributed by atoms with Gasteiger partial charge in [0.05, 0.1) is 12.0 Å². The summed E-state index contributed by atoms with van der Waals surface area (Å²) in [5.74, 6) is 1.60. The van der Waals surface area contributed by atoms with E-state index in [9.17, 15) is 10.1 Å². The number of nitro groups is 1. The third-order valence-corrected chi connectivity index (χ3v) is 2.37. The average molecular weight is 260 g/mol. The van der Waals surface area contributed by atoms with Gasteiger partial charge >= 0.3 is 0 Å². The van der Waals surface area contributed by atoms with E-state index in [0.29, 0.717) is 23.2 Å². The predicted molar refractivity (Wildman–Crippen MR) is 69.7 cm³/mol. The summed E-state index contributed by atoms with van der Waals surface area (Å²) in [6.45, 7) is 1.75. The maximum absolute atomic E-state index is 10.5. The molecule has 0 amide bonds. The smallest absolute Gasteiger partial charge is 0.269 e. The van der Waals surface area contributed by atoms with Gasteiger partial charge in [-0.2, -0.15) is 4.98 Å². The van der Waals surface area contributed by atoms with Crippen molar-refractivity contribution in [1.82, 2.24) is 9.97 Å². The number of aromatic nitrogens is 2. The lowest BCUT2D eigenvalue weighted by atomic mass is 10.3. The molecular formula is C12H12N4O3. The number of non-ortho nitro benzene ring substituents is 1. The molecule has 98 valence electrons. The number of methoxy groups -OCH3 is 1. The summed E-state index contributed by atoms with van der Waals surface area (Å²) in [6, 6.07) is 7.72. The standard InChI is InChI=1S/C12H12N4O3/c1-8-13-11(7-12(14-8)19-2)15-9-3-5-10(6-4-9)16(17)18/h3-7H,1-2H3,(H,13,14,15). The molecule has 7 nitrogen and oxygen atoms in total. The first-order chi connectivity index (χ1) is 9.08. The second kappa shape index (κ2) is 5.30. The van der Waals surface area contributed by atoms with E-state index in [1.807, 2.05) is 0 Å². The topological polar surface area (TPSA) is 90.2 Å². The predicted octanol–water partition coefficient (Wildman–Crippen LogP) is 2.45. The van der Waals surface area contributed by atoms with Crippen molar-refractivity contribution in [3.05, 3.63) is 46.3 Å². The number of anilines is 2.